The number of hydrogen-bond donors (Lipinski definition) is 1. The number of rotatable bonds is 15. The summed E-state index contributed by atoms with van der Waals surface area (Å²) < 4.78 is 4.83. The molecule has 2 aromatic rings. The molecule has 19 heteroatoms. The van der Waals surface area contributed by atoms with E-state index < -0.39 is 51.7 Å². The first kappa shape index (κ1) is 31.5. The highest BCUT2D eigenvalue weighted by Crippen LogP contribution is 2.15. The van der Waals surface area contributed by atoms with E-state index in [-0.39, 0.29) is 18.6 Å². The van der Waals surface area contributed by atoms with Crippen molar-refractivity contribution in [2.75, 3.05) is 13.2 Å². The molecule has 2 rings (SSSR count). The average Bonchev–Trinajstić information content (AvgIpc) is 2.83. The fraction of sp³-hybridized carbons (Fsp3) is 0.350. The van der Waals surface area contributed by atoms with Crippen LogP contribution in [0.5, 0.6) is 11.5 Å². The molecule has 0 spiro atoms. The van der Waals surface area contributed by atoms with Crippen molar-refractivity contribution in [3.05, 3.63) is 100 Å². The Balaban J connectivity index is 0.000000395. The van der Waals surface area contributed by atoms with Crippen LogP contribution in [0, 0.1) is 40.5 Å². The second-order valence-electron chi connectivity index (χ2n) is 7.25. The first-order chi connectivity index (χ1) is 18.3. The molecule has 0 amide bonds. The molecule has 0 saturated carbocycles. The van der Waals surface area contributed by atoms with Gasteiger partial charge in [0.15, 0.2) is 0 Å². The van der Waals surface area contributed by atoms with Crippen molar-refractivity contribution in [1.82, 2.24) is 0 Å². The third-order valence-electron chi connectivity index (χ3n) is 4.25. The van der Waals surface area contributed by atoms with E-state index >= 15 is 0 Å². The van der Waals surface area contributed by atoms with Crippen LogP contribution in [-0.2, 0) is 37.0 Å². The molecule has 2 aromatic carbocycles. The van der Waals surface area contributed by atoms with E-state index in [1.165, 1.54) is 43.3 Å². The fourth-order valence-corrected chi connectivity index (χ4v) is 2.80. The van der Waals surface area contributed by atoms with Crippen LogP contribution < -0.4 is 4.74 Å². The Morgan fingerprint density at radius 3 is 1.44 bits per heavy atom. The Kier molecular flexibility index (Phi) is 13.2. The number of benzene rings is 2. The smallest absolute Gasteiger partial charge is 0.308 e. The minimum Gasteiger partial charge on any atom is -0.508 e. The maximum absolute atomic E-state index is 10.7. The van der Waals surface area contributed by atoms with Crippen LogP contribution in [-0.4, -0.2) is 56.8 Å². The Morgan fingerprint density at radius 1 is 0.718 bits per heavy atom. The number of hydrogen-bond acceptors (Lipinski definition) is 15. The van der Waals surface area contributed by atoms with Gasteiger partial charge in [-0.05, 0) is 35.4 Å². The summed E-state index contributed by atoms with van der Waals surface area (Å²) in [5, 5.41) is 45.5. The van der Waals surface area contributed by atoms with Gasteiger partial charge in [0.1, 0.15) is 36.9 Å². The number of aromatic hydroxyl groups is 1. The van der Waals surface area contributed by atoms with Crippen molar-refractivity contribution in [3.8, 4) is 11.5 Å². The topological polar surface area (TPSA) is 256 Å². The normalized spacial score (nSPS) is 11.4. The standard InChI is InChI=1S/C11H12N2O8.C9H10N2O7/c1-8(14)20-10-4-2-9(3-5-10)6-11(21-13(17)18)7-19-12(15)16;12-8-3-1-7(2-4-8)5-9(18-11(15)16)6-17-10(13)14/h2-5,11H,6-7H2,1H3;1-4,9,12H,5-6H2. The molecule has 2 unspecified atom stereocenters. The number of ether oxygens (including phenoxy) is 1. The number of esters is 1. The van der Waals surface area contributed by atoms with E-state index in [0.717, 1.165) is 0 Å². The monoisotopic (exact) mass is 558 g/mol. The molecule has 19 nitrogen and oxygen atoms in total. The van der Waals surface area contributed by atoms with Crippen LogP contribution in [0.4, 0.5) is 0 Å². The Hall–Kier alpha value is -5.49. The zero-order valence-corrected chi connectivity index (χ0v) is 20.1. The highest BCUT2D eigenvalue weighted by Gasteiger charge is 2.17. The van der Waals surface area contributed by atoms with Crippen LogP contribution in [0.2, 0.25) is 0 Å². The van der Waals surface area contributed by atoms with Crippen molar-refractivity contribution in [2.24, 2.45) is 0 Å². The van der Waals surface area contributed by atoms with Gasteiger partial charge in [0, 0.05) is 19.8 Å². The molecule has 39 heavy (non-hydrogen) atoms. The van der Waals surface area contributed by atoms with Gasteiger partial charge in [-0.2, -0.15) is 0 Å². The van der Waals surface area contributed by atoms with Gasteiger partial charge in [-0.3, -0.25) is 4.79 Å². The predicted molar refractivity (Wildman–Crippen MR) is 123 cm³/mol. The maximum Gasteiger partial charge on any atom is 0.308 e. The first-order valence-electron chi connectivity index (χ1n) is 10.6. The van der Waals surface area contributed by atoms with Crippen molar-refractivity contribution in [3.63, 3.8) is 0 Å². The summed E-state index contributed by atoms with van der Waals surface area (Å²) >= 11 is 0. The molecule has 0 fully saturated rings. The molecule has 0 aliphatic rings. The van der Waals surface area contributed by atoms with Gasteiger partial charge in [-0.1, -0.05) is 24.3 Å². The lowest BCUT2D eigenvalue weighted by molar-refractivity contribution is -0.789. The van der Waals surface area contributed by atoms with Crippen LogP contribution in [0.3, 0.4) is 0 Å². The summed E-state index contributed by atoms with van der Waals surface area (Å²) in [7, 11) is 0. The van der Waals surface area contributed by atoms with E-state index in [1.54, 1.807) is 12.1 Å². The molecule has 0 heterocycles. The minimum absolute atomic E-state index is 0.0230. The van der Waals surface area contributed by atoms with Crippen LogP contribution in [0.25, 0.3) is 0 Å². The zero-order chi connectivity index (χ0) is 29.4. The van der Waals surface area contributed by atoms with Crippen LogP contribution in [0.15, 0.2) is 48.5 Å². The Labute approximate surface area is 217 Å². The number of carbonyl (C=O) groups is 1. The van der Waals surface area contributed by atoms with Gasteiger partial charge >= 0.3 is 5.97 Å². The SMILES string of the molecule is CC(=O)Oc1ccc(CC(CO[N+](=O)[O-])O[N+](=O)[O-])cc1.O=[N+]([O-])OCC(Cc1ccc(O)cc1)O[N+](=O)[O-]. The van der Waals surface area contributed by atoms with Gasteiger partial charge < -0.3 is 29.2 Å². The number of phenols is 1. The van der Waals surface area contributed by atoms with Gasteiger partial charge in [-0.15, -0.1) is 40.5 Å². The van der Waals surface area contributed by atoms with E-state index in [9.17, 15) is 45.3 Å². The average molecular weight is 558 g/mol. The third kappa shape index (κ3) is 15.3. The molecule has 0 saturated heterocycles. The molecule has 0 aliphatic heterocycles. The summed E-state index contributed by atoms with van der Waals surface area (Å²) in [5.41, 5.74) is 1.22. The summed E-state index contributed by atoms with van der Waals surface area (Å²) in [6, 6.07) is 11.9. The largest absolute Gasteiger partial charge is 0.508 e. The molecule has 0 radical (unpaired) electrons. The zero-order valence-electron chi connectivity index (χ0n) is 20.1. The molecule has 2 atom stereocenters. The highest BCUT2D eigenvalue weighted by molar-refractivity contribution is 5.69. The lowest BCUT2D eigenvalue weighted by Gasteiger charge is -2.13. The minimum atomic E-state index is -1.12. The van der Waals surface area contributed by atoms with E-state index in [4.69, 9.17) is 9.84 Å². The predicted octanol–water partition coefficient (Wildman–Crippen LogP) is 1.66. The molecule has 1 N–H and O–H groups in total. The van der Waals surface area contributed by atoms with Crippen molar-refractivity contribution in [1.29, 1.82) is 0 Å². The van der Waals surface area contributed by atoms with Gasteiger partial charge in [0.25, 0.3) is 20.3 Å². The molecular weight excluding hydrogens is 536 g/mol. The van der Waals surface area contributed by atoms with Gasteiger partial charge in [0.2, 0.25) is 0 Å². The first-order valence-corrected chi connectivity index (χ1v) is 10.6. The highest BCUT2D eigenvalue weighted by atomic mass is 17.0. The molecule has 0 aliphatic carbocycles. The van der Waals surface area contributed by atoms with E-state index in [0.29, 0.717) is 16.9 Å². The molecule has 0 aromatic heterocycles. The lowest BCUT2D eigenvalue weighted by atomic mass is 10.1. The number of nitrogens with zero attached hydrogens (tertiary/aromatic N) is 4. The summed E-state index contributed by atoms with van der Waals surface area (Å²) in [6.07, 6.45) is -2.13. The van der Waals surface area contributed by atoms with Crippen LogP contribution >= 0.6 is 0 Å². The van der Waals surface area contributed by atoms with Gasteiger partial charge in [-0.25, -0.2) is 0 Å². The van der Waals surface area contributed by atoms with E-state index in [1.807, 2.05) is 0 Å². The third-order valence-corrected chi connectivity index (χ3v) is 4.25. The quantitative estimate of drug-likeness (QED) is 0.141. The number of phenolic OH excluding ortho intramolecular Hbond substituents is 1. The van der Waals surface area contributed by atoms with E-state index in [2.05, 4.69) is 19.4 Å². The second kappa shape index (κ2) is 16.3. The Morgan fingerprint density at radius 2 is 1.10 bits per heavy atom. The van der Waals surface area contributed by atoms with Gasteiger partial charge in [0.05, 0.1) is 0 Å². The number of carbonyl (C=O) groups excluding carboxylic acids is 1. The Bertz CT molecular complexity index is 1110. The van der Waals surface area contributed by atoms with Crippen molar-refractivity contribution < 1.29 is 54.3 Å². The second-order valence-corrected chi connectivity index (χ2v) is 7.25. The molecular formula is C20H22N4O15. The fourth-order valence-electron chi connectivity index (χ4n) is 2.80. The molecule has 0 bridgehead atoms. The summed E-state index contributed by atoms with van der Waals surface area (Å²) in [4.78, 5) is 68.1. The summed E-state index contributed by atoms with van der Waals surface area (Å²) in [6.45, 7) is 0.137. The lowest BCUT2D eigenvalue weighted by Crippen LogP contribution is -2.26. The molecule has 212 valence electrons. The van der Waals surface area contributed by atoms with Crippen molar-refractivity contribution >= 4 is 5.97 Å². The van der Waals surface area contributed by atoms with Crippen molar-refractivity contribution in [2.45, 2.75) is 32.0 Å². The summed E-state index contributed by atoms with van der Waals surface area (Å²) in [5.74, 6) is -0.108. The van der Waals surface area contributed by atoms with Crippen LogP contribution in [0.1, 0.15) is 18.1 Å². The maximum atomic E-state index is 10.7.